The Morgan fingerprint density at radius 2 is 1.97 bits per heavy atom. The van der Waals surface area contributed by atoms with Crippen LogP contribution in [0.25, 0.3) is 11.6 Å². The number of benzene rings is 1. The Morgan fingerprint density at radius 1 is 1.22 bits per heavy atom. The summed E-state index contributed by atoms with van der Waals surface area (Å²) in [7, 11) is 1.57. The number of amides is 2. The van der Waals surface area contributed by atoms with Crippen LogP contribution < -0.4 is 10.1 Å². The van der Waals surface area contributed by atoms with Gasteiger partial charge in [-0.15, -0.1) is 10.2 Å². The first-order chi connectivity index (χ1) is 17.5. The molecule has 0 spiro atoms. The minimum Gasteiger partial charge on any atom is -0.497 e. The van der Waals surface area contributed by atoms with Gasteiger partial charge in [-0.05, 0) is 61.2 Å². The van der Waals surface area contributed by atoms with Crippen LogP contribution in [0, 0.1) is 6.92 Å². The molecular weight excluding hydrogens is 464 g/mol. The molecule has 2 heterocycles. The quantitative estimate of drug-likeness (QED) is 0.413. The lowest BCUT2D eigenvalue weighted by atomic mass is 10.0. The molecule has 2 N–H and O–H groups in total. The highest BCUT2D eigenvalue weighted by Gasteiger charge is 2.33. The number of nitrogens with zero attached hydrogens (tertiary/aromatic N) is 5. The highest BCUT2D eigenvalue weighted by atomic mass is 16.5. The third-order valence-electron chi connectivity index (χ3n) is 6.26. The zero-order chi connectivity index (χ0) is 25.5. The number of rotatable bonds is 11. The zero-order valence-electron chi connectivity index (χ0n) is 20.6. The summed E-state index contributed by atoms with van der Waals surface area (Å²) in [6.45, 7) is 1.66. The molecule has 1 unspecified atom stereocenters. The summed E-state index contributed by atoms with van der Waals surface area (Å²) >= 11 is 0. The molecule has 1 aromatic carbocycles. The number of aliphatic hydroxyl groups excluding tert-OH is 1. The van der Waals surface area contributed by atoms with Gasteiger partial charge in [0.2, 0.25) is 17.6 Å². The van der Waals surface area contributed by atoms with Gasteiger partial charge in [0.25, 0.3) is 0 Å². The SMILES string of the molecule is COc1ccc(C(C(=O)NC2CCCC2)N(CCCO)C(=O)Cn2nnc(-c3ccc(C)o3)n2)cc1. The number of methoxy groups -OCH3 is 1. The average Bonchev–Trinajstić information content (AvgIpc) is 3.64. The van der Waals surface area contributed by atoms with Crippen LogP contribution in [0.2, 0.25) is 0 Å². The van der Waals surface area contributed by atoms with E-state index in [0.717, 1.165) is 25.7 Å². The van der Waals surface area contributed by atoms with Crippen molar-refractivity contribution in [3.63, 3.8) is 0 Å². The van der Waals surface area contributed by atoms with Crippen LogP contribution in [0.3, 0.4) is 0 Å². The lowest BCUT2D eigenvalue weighted by Gasteiger charge is -2.32. The minimum atomic E-state index is -0.883. The number of tetrazole rings is 1. The average molecular weight is 497 g/mol. The molecule has 0 aliphatic heterocycles. The van der Waals surface area contributed by atoms with E-state index in [9.17, 15) is 14.7 Å². The van der Waals surface area contributed by atoms with Crippen molar-refractivity contribution in [2.75, 3.05) is 20.3 Å². The van der Waals surface area contributed by atoms with Crippen LogP contribution in [0.4, 0.5) is 0 Å². The molecule has 0 radical (unpaired) electrons. The number of carbonyl (C=O) groups excluding carboxylic acids is 2. The molecule has 2 amide bonds. The van der Waals surface area contributed by atoms with E-state index < -0.39 is 6.04 Å². The fourth-order valence-corrected chi connectivity index (χ4v) is 4.42. The second-order valence-electron chi connectivity index (χ2n) is 8.88. The molecule has 1 atom stereocenters. The van der Waals surface area contributed by atoms with Gasteiger partial charge in [-0.3, -0.25) is 9.59 Å². The molecule has 36 heavy (non-hydrogen) atoms. The first-order valence-electron chi connectivity index (χ1n) is 12.2. The van der Waals surface area contributed by atoms with Crippen molar-refractivity contribution in [1.29, 1.82) is 0 Å². The second-order valence-corrected chi connectivity index (χ2v) is 8.88. The van der Waals surface area contributed by atoms with E-state index in [1.165, 1.54) is 9.70 Å². The number of furan rings is 1. The van der Waals surface area contributed by atoms with Gasteiger partial charge in [0, 0.05) is 19.2 Å². The molecule has 4 rings (SSSR count). The number of ether oxygens (including phenoxy) is 1. The number of carbonyl (C=O) groups is 2. The maximum Gasteiger partial charge on any atom is 0.247 e. The van der Waals surface area contributed by atoms with Crippen molar-refractivity contribution in [1.82, 2.24) is 30.4 Å². The first kappa shape index (κ1) is 25.4. The van der Waals surface area contributed by atoms with Crippen molar-refractivity contribution in [3.8, 4) is 17.3 Å². The number of hydrogen-bond donors (Lipinski definition) is 2. The molecule has 192 valence electrons. The van der Waals surface area contributed by atoms with E-state index in [4.69, 9.17) is 9.15 Å². The maximum atomic E-state index is 13.5. The summed E-state index contributed by atoms with van der Waals surface area (Å²) in [6, 6.07) is 9.81. The summed E-state index contributed by atoms with van der Waals surface area (Å²) in [5, 5.41) is 24.9. The van der Waals surface area contributed by atoms with Crippen LogP contribution in [0.5, 0.6) is 5.75 Å². The van der Waals surface area contributed by atoms with E-state index in [0.29, 0.717) is 29.3 Å². The molecule has 1 fully saturated rings. The van der Waals surface area contributed by atoms with Gasteiger partial charge in [0.05, 0.1) is 7.11 Å². The summed E-state index contributed by atoms with van der Waals surface area (Å²) < 4.78 is 10.8. The lowest BCUT2D eigenvalue weighted by Crippen LogP contribution is -2.47. The van der Waals surface area contributed by atoms with Gasteiger partial charge < -0.3 is 24.5 Å². The van der Waals surface area contributed by atoms with Gasteiger partial charge in [-0.1, -0.05) is 25.0 Å². The summed E-state index contributed by atoms with van der Waals surface area (Å²) in [6.07, 6.45) is 4.30. The van der Waals surface area contributed by atoms with Crippen LogP contribution in [0.15, 0.2) is 40.8 Å². The topological polar surface area (TPSA) is 136 Å². The molecule has 3 aromatic rings. The summed E-state index contributed by atoms with van der Waals surface area (Å²) in [4.78, 5) is 29.7. The first-order valence-corrected chi connectivity index (χ1v) is 12.2. The predicted octanol–water partition coefficient (Wildman–Crippen LogP) is 2.26. The summed E-state index contributed by atoms with van der Waals surface area (Å²) in [5.41, 5.74) is 0.649. The number of hydrogen-bond acceptors (Lipinski definition) is 8. The highest BCUT2D eigenvalue weighted by Crippen LogP contribution is 2.26. The normalized spacial score (nSPS) is 14.5. The number of nitrogens with one attached hydrogen (secondary N) is 1. The van der Waals surface area contributed by atoms with E-state index in [2.05, 4.69) is 20.7 Å². The van der Waals surface area contributed by atoms with Gasteiger partial charge >= 0.3 is 0 Å². The number of aromatic nitrogens is 4. The van der Waals surface area contributed by atoms with Crippen molar-refractivity contribution in [2.45, 2.75) is 57.7 Å². The summed E-state index contributed by atoms with van der Waals surface area (Å²) in [5.74, 6) is 1.46. The molecule has 0 bridgehead atoms. The Bertz CT molecular complexity index is 1150. The Morgan fingerprint density at radius 3 is 2.61 bits per heavy atom. The van der Waals surface area contributed by atoms with Crippen molar-refractivity contribution in [3.05, 3.63) is 47.7 Å². The van der Waals surface area contributed by atoms with E-state index >= 15 is 0 Å². The van der Waals surface area contributed by atoms with Crippen LogP contribution in [-0.2, 0) is 16.1 Å². The molecule has 0 saturated heterocycles. The van der Waals surface area contributed by atoms with E-state index in [-0.39, 0.29) is 43.4 Å². The fraction of sp³-hybridized carbons (Fsp3) is 0.480. The van der Waals surface area contributed by atoms with Crippen molar-refractivity contribution in [2.24, 2.45) is 0 Å². The molecule has 2 aromatic heterocycles. The van der Waals surface area contributed by atoms with Crippen molar-refractivity contribution >= 4 is 11.8 Å². The van der Waals surface area contributed by atoms with Crippen molar-refractivity contribution < 1.29 is 23.8 Å². The third kappa shape index (κ3) is 6.09. The second kappa shape index (κ2) is 11.8. The van der Waals surface area contributed by atoms with E-state index in [1.54, 1.807) is 43.5 Å². The molecule has 1 saturated carbocycles. The Kier molecular flexibility index (Phi) is 8.32. The fourth-order valence-electron chi connectivity index (χ4n) is 4.42. The van der Waals surface area contributed by atoms with Gasteiger partial charge in [-0.25, -0.2) is 0 Å². The Labute approximate surface area is 209 Å². The molecule has 11 nitrogen and oxygen atoms in total. The smallest absolute Gasteiger partial charge is 0.247 e. The molecule has 11 heteroatoms. The molecular formula is C25H32N6O5. The Hall–Kier alpha value is -3.73. The number of aliphatic hydroxyl groups is 1. The minimum absolute atomic E-state index is 0.0873. The molecule has 1 aliphatic carbocycles. The standard InChI is InChI=1S/C25H32N6O5/c1-17-8-13-21(36-17)24-27-29-31(28-24)16-22(33)30(14-5-15-32)23(18-9-11-20(35-2)12-10-18)25(34)26-19-6-3-4-7-19/h8-13,19,23,32H,3-7,14-16H2,1-2H3,(H,26,34). The third-order valence-corrected chi connectivity index (χ3v) is 6.26. The van der Waals surface area contributed by atoms with Gasteiger partial charge in [0.1, 0.15) is 24.1 Å². The Balaban J connectivity index is 1.59. The predicted molar refractivity (Wildman–Crippen MR) is 130 cm³/mol. The number of aryl methyl sites for hydroxylation is 1. The largest absolute Gasteiger partial charge is 0.497 e. The van der Waals surface area contributed by atoms with Crippen LogP contribution in [0.1, 0.15) is 49.5 Å². The molecule has 1 aliphatic rings. The lowest BCUT2D eigenvalue weighted by molar-refractivity contribution is -0.142. The van der Waals surface area contributed by atoms with Gasteiger partial charge in [0.15, 0.2) is 5.76 Å². The van der Waals surface area contributed by atoms with Crippen LogP contribution in [-0.4, -0.2) is 68.3 Å². The van der Waals surface area contributed by atoms with Crippen LogP contribution >= 0.6 is 0 Å². The van der Waals surface area contributed by atoms with E-state index in [1.807, 2.05) is 6.92 Å². The monoisotopic (exact) mass is 496 g/mol. The highest BCUT2D eigenvalue weighted by molar-refractivity contribution is 5.89. The maximum absolute atomic E-state index is 13.5. The zero-order valence-corrected chi connectivity index (χ0v) is 20.6. The van der Waals surface area contributed by atoms with Gasteiger partial charge in [-0.2, -0.15) is 4.80 Å².